The minimum Gasteiger partial charge on any atom is -0.344 e. The van der Waals surface area contributed by atoms with Gasteiger partial charge in [0.1, 0.15) is 6.26 Å². The van der Waals surface area contributed by atoms with Crippen molar-refractivity contribution >= 4 is 14.6 Å². The Morgan fingerprint density at radius 1 is 1.38 bits per heavy atom. The van der Waals surface area contributed by atoms with Gasteiger partial charge in [0, 0.05) is 0 Å². The van der Waals surface area contributed by atoms with Gasteiger partial charge < -0.3 is 6.15 Å². The molecule has 0 saturated heterocycles. The van der Waals surface area contributed by atoms with Crippen molar-refractivity contribution in [2.24, 2.45) is 5.16 Å². The third kappa shape index (κ3) is 3.23. The Bertz CT molecular complexity index is 81.3. The molecular formula is C3H9BN2O2. The number of hydrogen-bond donors (Lipinski definition) is 1. The van der Waals surface area contributed by atoms with Crippen molar-refractivity contribution in [1.29, 1.82) is 0 Å². The zero-order valence-corrected chi connectivity index (χ0v) is 3.70. The smallest absolute Gasteiger partial charge is 0.147 e. The summed E-state index contributed by atoms with van der Waals surface area (Å²) in [7, 11) is 0. The van der Waals surface area contributed by atoms with Crippen LogP contribution in [0.5, 0.6) is 0 Å². The molecule has 0 unspecified atom stereocenters. The van der Waals surface area contributed by atoms with Gasteiger partial charge in [0.2, 0.25) is 0 Å². The molecule has 1 aliphatic rings. The number of rotatable bonds is 0. The molecule has 0 aliphatic carbocycles. The maximum Gasteiger partial charge on any atom is 0.147 e. The fourth-order valence-electron chi connectivity index (χ4n) is 0.177. The van der Waals surface area contributed by atoms with Gasteiger partial charge >= 0.3 is 0 Å². The van der Waals surface area contributed by atoms with Gasteiger partial charge in [0.25, 0.3) is 0 Å². The van der Waals surface area contributed by atoms with Crippen molar-refractivity contribution < 1.29 is 9.88 Å². The molecule has 8 heavy (non-hydrogen) atoms. The summed E-state index contributed by atoms with van der Waals surface area (Å²) in [5.41, 5.74) is 0. The van der Waals surface area contributed by atoms with Crippen LogP contribution in [0.15, 0.2) is 17.5 Å². The normalized spacial score (nSPS) is 12.0. The van der Waals surface area contributed by atoms with Gasteiger partial charge in [-0.2, -0.15) is 4.99 Å². The van der Waals surface area contributed by atoms with E-state index in [1.807, 2.05) is 0 Å². The molecule has 0 bridgehead atoms. The van der Waals surface area contributed by atoms with Crippen LogP contribution in [0.2, 0.25) is 0 Å². The molecule has 0 aromatic rings. The van der Waals surface area contributed by atoms with E-state index in [1.54, 1.807) is 6.08 Å². The molecule has 46 valence electrons. The highest BCUT2D eigenvalue weighted by atomic mass is 17.3. The first kappa shape index (κ1) is 10.1. The molecule has 1 rings (SSSR count). The lowest BCUT2D eigenvalue weighted by Crippen LogP contribution is -1.82. The molecule has 0 aromatic heterocycles. The Balaban J connectivity index is 0. The largest absolute Gasteiger partial charge is 0.344 e. The lowest BCUT2D eigenvalue weighted by Gasteiger charge is -1.92. The summed E-state index contributed by atoms with van der Waals surface area (Å²) in [5.74, 6) is 0. The second-order valence-electron chi connectivity index (χ2n) is 0.754. The van der Waals surface area contributed by atoms with Crippen LogP contribution < -0.4 is 6.15 Å². The Morgan fingerprint density at radius 2 is 2.12 bits per heavy atom. The van der Waals surface area contributed by atoms with E-state index in [-0.39, 0.29) is 14.6 Å². The predicted molar refractivity (Wildman–Crippen MR) is 34.8 cm³/mol. The number of oxime groups is 1. The number of hydrogen-bond acceptors (Lipinski definition) is 4. The fraction of sp³-hybridized carbons (Fsp3) is 0. The standard InChI is InChI=1S/C3H3NO2.BH3.H3N/c1-2-4-6-5-3-1;;/h1-3H;2*1H3. The Morgan fingerprint density at radius 3 is 2.25 bits per heavy atom. The van der Waals surface area contributed by atoms with Crippen LogP contribution in [-0.2, 0) is 9.88 Å². The monoisotopic (exact) mass is 116 g/mol. The van der Waals surface area contributed by atoms with Gasteiger partial charge in [0.05, 0.1) is 14.6 Å². The van der Waals surface area contributed by atoms with Crippen molar-refractivity contribution in [3.05, 3.63) is 12.3 Å². The Kier molecular flexibility index (Phi) is 7.62. The minimum absolute atomic E-state index is 0. The highest BCUT2D eigenvalue weighted by Crippen LogP contribution is 1.84. The van der Waals surface area contributed by atoms with Gasteiger partial charge in [0.15, 0.2) is 0 Å². The van der Waals surface area contributed by atoms with Crippen molar-refractivity contribution in [3.8, 4) is 0 Å². The van der Waals surface area contributed by atoms with Gasteiger partial charge in [-0.1, -0.05) is 0 Å². The van der Waals surface area contributed by atoms with Crippen LogP contribution in [0.25, 0.3) is 0 Å². The zero-order chi connectivity index (χ0) is 4.24. The van der Waals surface area contributed by atoms with E-state index in [2.05, 4.69) is 15.0 Å². The molecular weight excluding hydrogens is 107 g/mol. The maximum atomic E-state index is 4.19. The molecule has 3 N–H and O–H groups in total. The highest BCUT2D eigenvalue weighted by Gasteiger charge is 1.77. The van der Waals surface area contributed by atoms with Crippen molar-refractivity contribution in [3.63, 3.8) is 0 Å². The SMILES string of the molecule is B.C1=COON=C1.N. The molecule has 0 saturated carbocycles. The first-order chi connectivity index (χ1) is 3.00. The first-order valence-corrected chi connectivity index (χ1v) is 1.51. The van der Waals surface area contributed by atoms with E-state index < -0.39 is 0 Å². The third-order valence-electron chi connectivity index (χ3n) is 0.367. The van der Waals surface area contributed by atoms with Crippen LogP contribution in [-0.4, -0.2) is 14.6 Å². The van der Waals surface area contributed by atoms with Crippen LogP contribution in [0.4, 0.5) is 0 Å². The van der Waals surface area contributed by atoms with E-state index in [0.717, 1.165) is 0 Å². The molecule has 0 aromatic carbocycles. The molecule has 1 aliphatic heterocycles. The Hall–Kier alpha value is -0.965. The summed E-state index contributed by atoms with van der Waals surface area (Å²) in [4.78, 5) is 8.24. The van der Waals surface area contributed by atoms with Gasteiger partial charge in [-0.05, 0) is 11.2 Å². The quantitative estimate of drug-likeness (QED) is 0.340. The third-order valence-corrected chi connectivity index (χ3v) is 0.367. The summed E-state index contributed by atoms with van der Waals surface area (Å²) in [6.45, 7) is 0. The van der Waals surface area contributed by atoms with Crippen molar-refractivity contribution in [1.82, 2.24) is 6.15 Å². The molecule has 0 atom stereocenters. The lowest BCUT2D eigenvalue weighted by atomic mass is 10.7. The van der Waals surface area contributed by atoms with E-state index in [4.69, 9.17) is 0 Å². The van der Waals surface area contributed by atoms with Crippen LogP contribution in [0, 0.1) is 0 Å². The highest BCUT2D eigenvalue weighted by molar-refractivity contribution is 5.75. The second kappa shape index (κ2) is 6.03. The molecule has 0 fully saturated rings. The maximum absolute atomic E-state index is 4.19. The number of nitrogens with zero attached hydrogens (tertiary/aromatic N) is 1. The van der Waals surface area contributed by atoms with Crippen molar-refractivity contribution in [2.75, 3.05) is 0 Å². The minimum atomic E-state index is 0. The van der Waals surface area contributed by atoms with E-state index >= 15 is 0 Å². The van der Waals surface area contributed by atoms with E-state index in [0.29, 0.717) is 0 Å². The Labute approximate surface area is 49.2 Å². The van der Waals surface area contributed by atoms with Gasteiger partial charge in [-0.3, -0.25) is 4.89 Å². The second-order valence-corrected chi connectivity index (χ2v) is 0.754. The summed E-state index contributed by atoms with van der Waals surface area (Å²) < 4.78 is 0. The van der Waals surface area contributed by atoms with Crippen LogP contribution >= 0.6 is 0 Å². The predicted octanol–water partition coefficient (Wildman–Crippen LogP) is -0.574. The van der Waals surface area contributed by atoms with E-state index in [1.165, 1.54) is 12.5 Å². The average molecular weight is 116 g/mol. The summed E-state index contributed by atoms with van der Waals surface area (Å²) in [5, 5.41) is 3.24. The van der Waals surface area contributed by atoms with Crippen LogP contribution in [0.1, 0.15) is 0 Å². The van der Waals surface area contributed by atoms with Gasteiger partial charge in [-0.15, -0.1) is 0 Å². The topological polar surface area (TPSA) is 65.8 Å². The first-order valence-electron chi connectivity index (χ1n) is 1.51. The lowest BCUT2D eigenvalue weighted by molar-refractivity contribution is -0.251. The zero-order valence-electron chi connectivity index (χ0n) is 3.70. The van der Waals surface area contributed by atoms with E-state index in [9.17, 15) is 0 Å². The molecule has 1 heterocycles. The summed E-state index contributed by atoms with van der Waals surface area (Å²) in [6.07, 6.45) is 4.51. The molecule has 0 amide bonds. The summed E-state index contributed by atoms with van der Waals surface area (Å²) >= 11 is 0. The van der Waals surface area contributed by atoms with Crippen LogP contribution in [0.3, 0.4) is 0 Å². The summed E-state index contributed by atoms with van der Waals surface area (Å²) in [6, 6.07) is 0. The number of allylic oxidation sites excluding steroid dienone is 1. The molecule has 4 nitrogen and oxygen atoms in total. The van der Waals surface area contributed by atoms with Crippen molar-refractivity contribution in [2.45, 2.75) is 0 Å². The fourth-order valence-corrected chi connectivity index (χ4v) is 0.177. The molecule has 0 radical (unpaired) electrons. The average Bonchev–Trinajstić information content (AvgIpc) is 1.72. The molecule has 5 heteroatoms. The van der Waals surface area contributed by atoms with Gasteiger partial charge in [-0.25, -0.2) is 0 Å². The molecule has 0 spiro atoms.